The van der Waals surface area contributed by atoms with Gasteiger partial charge in [-0.1, -0.05) is 5.11 Å². The second-order valence-corrected chi connectivity index (χ2v) is 12.5. The number of aliphatic hydroxyl groups excluding tert-OH is 12. The Balaban J connectivity index is 1.57. The number of aliphatic hydroxyl groups is 12. The number of ether oxygens (including phenoxy) is 9. The van der Waals surface area contributed by atoms with Crippen LogP contribution >= 0.6 is 0 Å². The Bertz CT molecular complexity index is 1150. The number of hydrogen-bond donors (Lipinski definition) is 12. The summed E-state index contributed by atoms with van der Waals surface area (Å²) in [5, 5.41) is 129. The Hall–Kier alpha value is -1.60. The van der Waals surface area contributed by atoms with Crippen LogP contribution in [-0.2, 0) is 42.6 Å². The van der Waals surface area contributed by atoms with Crippen molar-refractivity contribution in [1.82, 2.24) is 0 Å². The normalized spacial score (nSPS) is 46.5. The molecule has 0 aliphatic carbocycles. The molecule has 0 aromatic heterocycles. The highest BCUT2D eigenvalue weighted by atomic mass is 19.1. The lowest BCUT2D eigenvalue weighted by Crippen LogP contribution is -2.68. The molecule has 4 rings (SSSR count). The Morgan fingerprint density at radius 1 is 0.509 bits per heavy atom. The first-order valence-electron chi connectivity index (χ1n) is 16.6. The number of azide groups is 1. The number of alkyl halides is 1. The van der Waals surface area contributed by atoms with E-state index in [-0.39, 0.29) is 26.4 Å². The van der Waals surface area contributed by atoms with Gasteiger partial charge in [0, 0.05) is 11.5 Å². The van der Waals surface area contributed by atoms with E-state index in [1.807, 2.05) is 0 Å². The van der Waals surface area contributed by atoms with Crippen LogP contribution in [0.4, 0.5) is 4.39 Å². The molecule has 12 N–H and O–H groups in total. The van der Waals surface area contributed by atoms with E-state index in [9.17, 15) is 65.7 Å². The van der Waals surface area contributed by atoms with Crippen molar-refractivity contribution in [1.29, 1.82) is 0 Å². The quantitative estimate of drug-likeness (QED) is 0.0282. The van der Waals surface area contributed by atoms with Crippen LogP contribution in [0, 0.1) is 0 Å². The maximum Gasteiger partial charge on any atom is 0.187 e. The van der Waals surface area contributed by atoms with Gasteiger partial charge in [0.25, 0.3) is 0 Å². The van der Waals surface area contributed by atoms with Crippen molar-refractivity contribution in [2.24, 2.45) is 5.11 Å². The molecule has 4 saturated heterocycles. The summed E-state index contributed by atoms with van der Waals surface area (Å²) in [5.74, 6) is 0. The summed E-state index contributed by atoms with van der Waals surface area (Å²) in [5.41, 5.74) is 8.34. The van der Waals surface area contributed by atoms with Gasteiger partial charge in [0.15, 0.2) is 25.2 Å². The van der Waals surface area contributed by atoms with Crippen LogP contribution in [0.3, 0.4) is 0 Å². The molecule has 0 radical (unpaired) electrons. The maximum atomic E-state index is 13.6. The maximum absolute atomic E-state index is 13.6. The summed E-state index contributed by atoms with van der Waals surface area (Å²) in [6, 6.07) is 0. The molecule has 4 heterocycles. The third-order valence-corrected chi connectivity index (χ3v) is 9.07. The van der Waals surface area contributed by atoms with Crippen LogP contribution < -0.4 is 0 Å². The van der Waals surface area contributed by atoms with Crippen LogP contribution in [0.2, 0.25) is 0 Å². The van der Waals surface area contributed by atoms with E-state index in [4.69, 9.17) is 48.2 Å². The van der Waals surface area contributed by atoms with Gasteiger partial charge in [0.2, 0.25) is 0 Å². The molecule has 0 unspecified atom stereocenters. The highest BCUT2D eigenvalue weighted by Crippen LogP contribution is 2.35. The van der Waals surface area contributed by atoms with Gasteiger partial charge in [-0.15, -0.1) is 0 Å². The predicted octanol–water partition coefficient (Wildman–Crippen LogP) is -7.42. The number of rotatable bonds is 17. The zero-order valence-corrected chi connectivity index (χ0v) is 28.0. The van der Waals surface area contributed by atoms with E-state index in [0.29, 0.717) is 0 Å². The molecule has 4 fully saturated rings. The molecule has 0 aromatic rings. The highest BCUT2D eigenvalue weighted by Gasteiger charge is 2.56. The van der Waals surface area contributed by atoms with Gasteiger partial charge < -0.3 is 104 Å². The molecule has 20 atom stereocenters. The molecule has 0 saturated carbocycles. The number of hydrogen-bond acceptors (Lipinski definition) is 22. The predicted molar refractivity (Wildman–Crippen MR) is 161 cm³/mol. The molecule has 24 nitrogen and oxygen atoms in total. The molecule has 53 heavy (non-hydrogen) atoms. The van der Waals surface area contributed by atoms with E-state index < -0.39 is 149 Å². The topological polar surface area (TPSA) is 375 Å². The first-order valence-corrected chi connectivity index (χ1v) is 16.6. The minimum Gasteiger partial charge on any atom is -0.394 e. The van der Waals surface area contributed by atoms with E-state index in [2.05, 4.69) is 10.0 Å². The largest absolute Gasteiger partial charge is 0.394 e. The lowest BCUT2D eigenvalue weighted by atomic mass is 9.96. The summed E-state index contributed by atoms with van der Waals surface area (Å²) in [6.07, 6.45) is -37.1. The van der Waals surface area contributed by atoms with Gasteiger partial charge in [-0.3, -0.25) is 0 Å². The highest BCUT2D eigenvalue weighted by molar-refractivity contribution is 4.98. The SMILES string of the molecule is [N-]=[N+]=NCCOCCO[C@H]1O[C@H](CO)[C@@H](O)[C@H](O[C@H]2O[C@H](CO)[C@@H](O)[C@H](O)[C@@H]2O[C@H]2O[C@H](CO)[C@@H](O)[C@H](O)[C@@H]2O[C@H]2O[C@H](CF)[C@@H](O)[C@H](O)[C@@H]2O)[C@@H]1O. The first kappa shape index (κ1) is 44.1. The minimum absolute atomic E-state index is 0.0376. The van der Waals surface area contributed by atoms with E-state index in [1.165, 1.54) is 0 Å². The van der Waals surface area contributed by atoms with Crippen molar-refractivity contribution in [3.05, 3.63) is 10.4 Å². The summed E-state index contributed by atoms with van der Waals surface area (Å²) in [7, 11) is 0. The van der Waals surface area contributed by atoms with Gasteiger partial charge in [-0.2, -0.15) is 0 Å². The van der Waals surface area contributed by atoms with Gasteiger partial charge in [-0.25, -0.2) is 4.39 Å². The van der Waals surface area contributed by atoms with E-state index in [1.54, 1.807) is 0 Å². The van der Waals surface area contributed by atoms with Gasteiger partial charge in [0.05, 0.1) is 39.6 Å². The zero-order valence-electron chi connectivity index (χ0n) is 28.0. The Labute approximate surface area is 299 Å². The van der Waals surface area contributed by atoms with Crippen molar-refractivity contribution in [3.8, 4) is 0 Å². The first-order chi connectivity index (χ1) is 25.3. The van der Waals surface area contributed by atoms with Crippen molar-refractivity contribution in [2.45, 2.75) is 123 Å². The fourth-order valence-corrected chi connectivity index (χ4v) is 6.07. The Morgan fingerprint density at radius 2 is 0.981 bits per heavy atom. The van der Waals surface area contributed by atoms with Crippen molar-refractivity contribution in [2.75, 3.05) is 52.9 Å². The molecule has 4 aliphatic heterocycles. The fraction of sp³-hybridized carbons (Fsp3) is 1.00. The van der Waals surface area contributed by atoms with Gasteiger partial charge in [-0.05, 0) is 5.53 Å². The summed E-state index contributed by atoms with van der Waals surface area (Å²) in [4.78, 5) is 2.58. The van der Waals surface area contributed by atoms with Gasteiger partial charge in [0.1, 0.15) is 104 Å². The number of halogens is 1. The molecule has 0 aromatic carbocycles. The molecule has 25 heteroatoms. The average Bonchev–Trinajstić information content (AvgIpc) is 3.15. The van der Waals surface area contributed by atoms with Crippen molar-refractivity contribution < 1.29 is 108 Å². The molecule has 0 bridgehead atoms. The van der Waals surface area contributed by atoms with Crippen LogP contribution in [-0.4, -0.2) is 237 Å². The van der Waals surface area contributed by atoms with Crippen LogP contribution in [0.25, 0.3) is 10.4 Å². The monoisotopic (exact) mass is 781 g/mol. The van der Waals surface area contributed by atoms with E-state index in [0.717, 1.165) is 0 Å². The standard InChI is InChI=1S/C28H48FN3O21/c29-5-9-13(36)17(40)20(43)26(47-9)52-23-18(41)14(37)11(7-34)50-28(23)53-24-19(42)15(38)10(6-33)49-27(24)51-22-16(39)12(8-35)48-25(21(22)44)46-4-3-45-2-1-31-32-30/h9-28,33-44H,1-8H2/t9-,10-,11-,12-,13-,14-,15-,16-,17+,18+,19+,20+,21+,22+,23+,24+,25+,26-,27-,28-/m1/s1. The fourth-order valence-electron chi connectivity index (χ4n) is 6.07. The lowest BCUT2D eigenvalue weighted by molar-refractivity contribution is -0.403. The molecule has 308 valence electrons. The molecular weight excluding hydrogens is 733 g/mol. The minimum atomic E-state index is -2.06. The Kier molecular flexibility index (Phi) is 17.1. The second kappa shape index (κ2) is 20.5. The Morgan fingerprint density at radius 3 is 1.51 bits per heavy atom. The van der Waals surface area contributed by atoms with E-state index >= 15 is 0 Å². The molecular formula is C28H48FN3O21. The average molecular weight is 782 g/mol. The van der Waals surface area contributed by atoms with Gasteiger partial charge >= 0.3 is 0 Å². The van der Waals surface area contributed by atoms with Crippen molar-refractivity contribution >= 4 is 0 Å². The number of nitrogens with zero attached hydrogens (tertiary/aromatic N) is 3. The molecule has 0 spiro atoms. The molecule has 4 aliphatic rings. The smallest absolute Gasteiger partial charge is 0.187 e. The zero-order chi connectivity index (χ0) is 39.0. The summed E-state index contributed by atoms with van der Waals surface area (Å²) < 4.78 is 63.4. The lowest BCUT2D eigenvalue weighted by Gasteiger charge is -2.49. The van der Waals surface area contributed by atoms with Crippen LogP contribution in [0.15, 0.2) is 5.11 Å². The third-order valence-electron chi connectivity index (χ3n) is 9.07. The molecule has 0 amide bonds. The summed E-state index contributed by atoms with van der Waals surface area (Å²) >= 11 is 0. The summed E-state index contributed by atoms with van der Waals surface area (Å²) in [6.45, 7) is -4.17. The second-order valence-electron chi connectivity index (χ2n) is 12.5. The third kappa shape index (κ3) is 10.2. The van der Waals surface area contributed by atoms with Crippen molar-refractivity contribution in [3.63, 3.8) is 0 Å². The van der Waals surface area contributed by atoms with Crippen LogP contribution in [0.1, 0.15) is 0 Å². The van der Waals surface area contributed by atoms with Crippen LogP contribution in [0.5, 0.6) is 0 Å².